The van der Waals surface area contributed by atoms with Gasteiger partial charge < -0.3 is 24.6 Å². The second-order valence-electron chi connectivity index (χ2n) is 11.0. The zero-order valence-electron chi connectivity index (χ0n) is 22.6. The fraction of sp³-hybridized carbons (Fsp3) is 0.571. The highest BCUT2D eigenvalue weighted by Gasteiger charge is 2.31. The van der Waals surface area contributed by atoms with Crippen LogP contribution < -0.4 is 10.2 Å². The van der Waals surface area contributed by atoms with Crippen LogP contribution in [0.4, 0.5) is 16.4 Å². The lowest BCUT2D eigenvalue weighted by Gasteiger charge is -2.40. The van der Waals surface area contributed by atoms with Gasteiger partial charge in [0.05, 0.1) is 18.4 Å². The highest BCUT2D eigenvalue weighted by Crippen LogP contribution is 2.28. The van der Waals surface area contributed by atoms with Crippen molar-refractivity contribution in [3.63, 3.8) is 0 Å². The van der Waals surface area contributed by atoms with Crippen LogP contribution in [0.5, 0.6) is 0 Å². The molecule has 0 bridgehead atoms. The minimum absolute atomic E-state index is 0.0807. The summed E-state index contributed by atoms with van der Waals surface area (Å²) >= 11 is 0. The number of piperazine rings is 1. The summed E-state index contributed by atoms with van der Waals surface area (Å²) < 4.78 is 10.6. The molecule has 9 nitrogen and oxygen atoms in total. The SMILES string of the molecule is COC(=O)c1cc(-c2ccnc(NC3CCCCC3)c2)nc(N2CCN(C(=O)OC(C)(C)C)[C@@H](C)C2)c1. The van der Waals surface area contributed by atoms with Crippen molar-refractivity contribution in [2.24, 2.45) is 0 Å². The maximum Gasteiger partial charge on any atom is 0.410 e. The zero-order chi connectivity index (χ0) is 26.6. The van der Waals surface area contributed by atoms with Gasteiger partial charge in [-0.2, -0.15) is 0 Å². The molecule has 0 radical (unpaired) electrons. The molecular weight excluding hydrogens is 470 g/mol. The highest BCUT2D eigenvalue weighted by molar-refractivity contribution is 5.91. The molecule has 1 aliphatic heterocycles. The van der Waals surface area contributed by atoms with Crippen molar-refractivity contribution in [1.82, 2.24) is 14.9 Å². The first-order chi connectivity index (χ1) is 17.6. The van der Waals surface area contributed by atoms with Crippen LogP contribution in [-0.2, 0) is 9.47 Å². The van der Waals surface area contributed by atoms with E-state index in [2.05, 4.69) is 15.2 Å². The highest BCUT2D eigenvalue weighted by atomic mass is 16.6. The van der Waals surface area contributed by atoms with Gasteiger partial charge in [0.2, 0.25) is 0 Å². The molecular formula is C28H39N5O4. The standard InChI is InChI=1S/C28H39N5O4/c1-19-18-32(13-14-33(19)27(35)37-28(2,3)4)25-17-21(26(34)36-5)15-23(31-25)20-11-12-29-24(16-20)30-22-9-7-6-8-10-22/h11-12,15-17,19,22H,6-10,13-14,18H2,1-5H3,(H,29,30)/t19-/m0/s1. The summed E-state index contributed by atoms with van der Waals surface area (Å²) in [5, 5.41) is 3.56. The molecule has 2 fully saturated rings. The number of hydrogen-bond donors (Lipinski definition) is 1. The Labute approximate surface area is 219 Å². The molecule has 1 aliphatic carbocycles. The Bertz CT molecular complexity index is 1110. The summed E-state index contributed by atoms with van der Waals surface area (Å²) in [7, 11) is 1.38. The predicted molar refractivity (Wildman–Crippen MR) is 144 cm³/mol. The number of amides is 1. The lowest BCUT2D eigenvalue weighted by molar-refractivity contribution is 0.0158. The van der Waals surface area contributed by atoms with Gasteiger partial charge in [-0.25, -0.2) is 19.6 Å². The molecule has 2 aliphatic rings. The first kappa shape index (κ1) is 26.7. The topological polar surface area (TPSA) is 96.9 Å². The average molecular weight is 510 g/mol. The normalized spacial score (nSPS) is 18.9. The molecule has 3 heterocycles. The number of anilines is 2. The minimum atomic E-state index is -0.547. The van der Waals surface area contributed by atoms with Crippen molar-refractivity contribution in [3.05, 3.63) is 36.0 Å². The van der Waals surface area contributed by atoms with E-state index in [1.165, 1.54) is 26.4 Å². The summed E-state index contributed by atoms with van der Waals surface area (Å²) in [4.78, 5) is 38.5. The fourth-order valence-corrected chi connectivity index (χ4v) is 4.94. The van der Waals surface area contributed by atoms with Gasteiger partial charge in [-0.15, -0.1) is 0 Å². The molecule has 0 aromatic carbocycles. The predicted octanol–water partition coefficient (Wildman–Crippen LogP) is 5.12. The van der Waals surface area contributed by atoms with Gasteiger partial charge in [0.1, 0.15) is 17.2 Å². The third-order valence-electron chi connectivity index (χ3n) is 6.83. The Morgan fingerprint density at radius 2 is 1.84 bits per heavy atom. The van der Waals surface area contributed by atoms with Crippen LogP contribution in [0.3, 0.4) is 0 Å². The number of nitrogens with zero attached hydrogens (tertiary/aromatic N) is 4. The Hall–Kier alpha value is -3.36. The van der Waals surface area contributed by atoms with Crippen LogP contribution in [-0.4, -0.2) is 71.4 Å². The van der Waals surface area contributed by atoms with E-state index in [0.29, 0.717) is 42.8 Å². The first-order valence-electron chi connectivity index (χ1n) is 13.2. The number of rotatable bonds is 5. The van der Waals surface area contributed by atoms with Gasteiger partial charge in [-0.3, -0.25) is 0 Å². The van der Waals surface area contributed by atoms with E-state index in [1.54, 1.807) is 23.2 Å². The van der Waals surface area contributed by atoms with E-state index >= 15 is 0 Å². The molecule has 4 rings (SSSR count). The molecule has 2 aromatic heterocycles. The van der Waals surface area contributed by atoms with E-state index in [0.717, 1.165) is 24.2 Å². The number of pyridine rings is 2. The Morgan fingerprint density at radius 1 is 1.08 bits per heavy atom. The summed E-state index contributed by atoms with van der Waals surface area (Å²) in [6.45, 7) is 9.24. The first-order valence-corrected chi connectivity index (χ1v) is 13.2. The van der Waals surface area contributed by atoms with Gasteiger partial charge in [0.15, 0.2) is 0 Å². The molecule has 0 spiro atoms. The summed E-state index contributed by atoms with van der Waals surface area (Å²) in [5.74, 6) is 1.07. The monoisotopic (exact) mass is 509 g/mol. The van der Waals surface area contributed by atoms with Gasteiger partial charge in [-0.05, 0) is 64.8 Å². The maximum absolute atomic E-state index is 12.7. The molecule has 1 atom stereocenters. The summed E-state index contributed by atoms with van der Waals surface area (Å²) in [5.41, 5.74) is 1.44. The van der Waals surface area contributed by atoms with Crippen LogP contribution in [0.2, 0.25) is 0 Å². The molecule has 0 unspecified atom stereocenters. The number of esters is 1. The van der Waals surface area contributed by atoms with E-state index in [-0.39, 0.29) is 12.1 Å². The van der Waals surface area contributed by atoms with Crippen LogP contribution in [0.25, 0.3) is 11.3 Å². The van der Waals surface area contributed by atoms with Crippen molar-refractivity contribution >= 4 is 23.7 Å². The van der Waals surface area contributed by atoms with Crippen molar-refractivity contribution in [1.29, 1.82) is 0 Å². The van der Waals surface area contributed by atoms with Crippen molar-refractivity contribution in [3.8, 4) is 11.3 Å². The van der Waals surface area contributed by atoms with Crippen molar-refractivity contribution < 1.29 is 19.1 Å². The van der Waals surface area contributed by atoms with Gasteiger partial charge in [0, 0.05) is 43.5 Å². The van der Waals surface area contributed by atoms with Crippen LogP contribution in [0, 0.1) is 0 Å². The molecule has 200 valence electrons. The number of nitrogens with one attached hydrogen (secondary N) is 1. The number of aromatic nitrogens is 2. The van der Waals surface area contributed by atoms with Crippen molar-refractivity contribution in [2.45, 2.75) is 77.5 Å². The molecule has 2 aromatic rings. The maximum atomic E-state index is 12.7. The number of carbonyl (C=O) groups excluding carboxylic acids is 2. The molecule has 1 saturated carbocycles. The van der Waals surface area contributed by atoms with E-state index in [9.17, 15) is 9.59 Å². The van der Waals surface area contributed by atoms with E-state index in [4.69, 9.17) is 14.5 Å². The molecule has 37 heavy (non-hydrogen) atoms. The van der Waals surface area contributed by atoms with Crippen molar-refractivity contribution in [2.75, 3.05) is 37.0 Å². The van der Waals surface area contributed by atoms with Gasteiger partial charge in [-0.1, -0.05) is 19.3 Å². The zero-order valence-corrected chi connectivity index (χ0v) is 22.6. The summed E-state index contributed by atoms with van der Waals surface area (Å²) in [6.07, 6.45) is 7.54. The Morgan fingerprint density at radius 3 is 2.51 bits per heavy atom. The van der Waals surface area contributed by atoms with Gasteiger partial charge >= 0.3 is 12.1 Å². The number of ether oxygens (including phenoxy) is 2. The molecule has 1 amide bonds. The lowest BCUT2D eigenvalue weighted by Crippen LogP contribution is -2.55. The molecule has 1 saturated heterocycles. The van der Waals surface area contributed by atoms with Gasteiger partial charge in [0.25, 0.3) is 0 Å². The third kappa shape index (κ3) is 6.90. The second kappa shape index (κ2) is 11.4. The largest absolute Gasteiger partial charge is 0.465 e. The lowest BCUT2D eigenvalue weighted by atomic mass is 9.95. The van der Waals surface area contributed by atoms with Crippen LogP contribution >= 0.6 is 0 Å². The minimum Gasteiger partial charge on any atom is -0.465 e. The number of carbonyl (C=O) groups is 2. The smallest absolute Gasteiger partial charge is 0.410 e. The Kier molecular flexibility index (Phi) is 8.19. The quantitative estimate of drug-likeness (QED) is 0.555. The molecule has 1 N–H and O–H groups in total. The average Bonchev–Trinajstić information content (AvgIpc) is 2.87. The fourth-order valence-electron chi connectivity index (χ4n) is 4.94. The van der Waals surface area contributed by atoms with E-state index in [1.807, 2.05) is 39.8 Å². The number of hydrogen-bond acceptors (Lipinski definition) is 8. The Balaban J connectivity index is 1.57. The van der Waals surface area contributed by atoms with E-state index < -0.39 is 11.6 Å². The molecule has 9 heteroatoms. The second-order valence-corrected chi connectivity index (χ2v) is 11.0. The van der Waals surface area contributed by atoms with Crippen LogP contribution in [0.1, 0.15) is 70.2 Å². The third-order valence-corrected chi connectivity index (χ3v) is 6.83. The van der Waals surface area contributed by atoms with Crippen LogP contribution in [0.15, 0.2) is 30.5 Å². The summed E-state index contributed by atoms with van der Waals surface area (Å²) in [6, 6.07) is 7.77. The number of methoxy groups -OCH3 is 1.